The van der Waals surface area contributed by atoms with Gasteiger partial charge in [0.05, 0.1) is 18.2 Å². The van der Waals surface area contributed by atoms with Gasteiger partial charge in [0.2, 0.25) is 0 Å². The van der Waals surface area contributed by atoms with Gasteiger partial charge in [-0.15, -0.1) is 0 Å². The number of allylic oxidation sites excluding steroid dienone is 1. The van der Waals surface area contributed by atoms with Gasteiger partial charge in [-0.25, -0.2) is 9.59 Å². The molecule has 0 spiro atoms. The first kappa shape index (κ1) is 24.0. The lowest BCUT2D eigenvalue weighted by Crippen LogP contribution is -2.48. The number of carbonyl (C=O) groups is 3. The van der Waals surface area contributed by atoms with Crippen molar-refractivity contribution >= 4 is 23.6 Å². The van der Waals surface area contributed by atoms with Crippen molar-refractivity contribution in [3.63, 3.8) is 0 Å². The van der Waals surface area contributed by atoms with Crippen LogP contribution in [0.3, 0.4) is 0 Å². The molecule has 7 heteroatoms. The molecule has 7 nitrogen and oxygen atoms in total. The van der Waals surface area contributed by atoms with Gasteiger partial charge < -0.3 is 15.4 Å². The number of ether oxygens (including phenoxy) is 1. The van der Waals surface area contributed by atoms with E-state index in [0.29, 0.717) is 29.1 Å². The van der Waals surface area contributed by atoms with Crippen LogP contribution in [0.5, 0.6) is 0 Å². The number of hydrogen-bond donors (Lipinski definition) is 2. The molecular weight excluding hydrogens is 418 g/mol. The number of rotatable bonds is 8. The van der Waals surface area contributed by atoms with Crippen molar-refractivity contribution in [2.45, 2.75) is 46.6 Å². The molecule has 1 aliphatic rings. The van der Waals surface area contributed by atoms with Crippen LogP contribution in [0, 0.1) is 6.92 Å². The molecular formula is C26H31N3O4. The Kier molecular flexibility index (Phi) is 7.87. The molecule has 0 saturated carbocycles. The Bertz CT molecular complexity index is 1060. The summed E-state index contributed by atoms with van der Waals surface area (Å²) in [5, 5.41) is 5.84. The second-order valence-corrected chi connectivity index (χ2v) is 8.00. The van der Waals surface area contributed by atoms with Crippen LogP contribution >= 0.6 is 0 Å². The Morgan fingerprint density at radius 1 is 1.06 bits per heavy atom. The van der Waals surface area contributed by atoms with Crippen molar-refractivity contribution in [1.82, 2.24) is 10.2 Å². The SMILES string of the molecule is CCCCN1C(=O)NC(c2ccc(NC(=O)c3ccccc3C)cc2)C(C(=O)OCC)=C1C. The van der Waals surface area contributed by atoms with Crippen LogP contribution in [-0.4, -0.2) is 36.0 Å². The first-order valence-electron chi connectivity index (χ1n) is 11.3. The molecule has 33 heavy (non-hydrogen) atoms. The van der Waals surface area contributed by atoms with E-state index >= 15 is 0 Å². The lowest BCUT2D eigenvalue weighted by atomic mass is 9.94. The van der Waals surface area contributed by atoms with Gasteiger partial charge in [0, 0.05) is 23.5 Å². The third kappa shape index (κ3) is 5.42. The molecule has 0 aromatic heterocycles. The summed E-state index contributed by atoms with van der Waals surface area (Å²) in [4.78, 5) is 39.8. The smallest absolute Gasteiger partial charge is 0.338 e. The van der Waals surface area contributed by atoms with Crippen molar-refractivity contribution in [2.24, 2.45) is 0 Å². The lowest BCUT2D eigenvalue weighted by molar-refractivity contribution is -0.139. The van der Waals surface area contributed by atoms with Crippen LogP contribution in [0.25, 0.3) is 0 Å². The Balaban J connectivity index is 1.86. The standard InChI is InChI=1S/C26H31N3O4/c1-5-7-16-29-18(4)22(25(31)33-6-2)23(28-26(29)32)19-12-14-20(15-13-19)27-24(30)21-11-9-8-10-17(21)3/h8-15,23H,5-7,16H2,1-4H3,(H,27,30)(H,28,32). The molecule has 3 rings (SSSR count). The molecule has 0 bridgehead atoms. The Hall–Kier alpha value is -3.61. The van der Waals surface area contributed by atoms with Gasteiger partial charge >= 0.3 is 12.0 Å². The van der Waals surface area contributed by atoms with E-state index in [1.54, 1.807) is 49.1 Å². The molecule has 0 saturated heterocycles. The minimum atomic E-state index is -0.629. The molecule has 2 aromatic carbocycles. The molecule has 0 fully saturated rings. The van der Waals surface area contributed by atoms with Crippen molar-refractivity contribution in [3.8, 4) is 0 Å². The van der Waals surface area contributed by atoms with Crippen molar-refractivity contribution in [3.05, 3.63) is 76.5 Å². The molecule has 0 aliphatic carbocycles. The average Bonchev–Trinajstić information content (AvgIpc) is 2.79. The number of benzene rings is 2. The van der Waals surface area contributed by atoms with Gasteiger partial charge in [-0.05, 0) is 56.5 Å². The summed E-state index contributed by atoms with van der Waals surface area (Å²) in [6, 6.07) is 13.6. The summed E-state index contributed by atoms with van der Waals surface area (Å²) in [5.41, 5.74) is 3.88. The van der Waals surface area contributed by atoms with E-state index in [0.717, 1.165) is 24.0 Å². The van der Waals surface area contributed by atoms with E-state index in [4.69, 9.17) is 4.74 Å². The highest BCUT2D eigenvalue weighted by Crippen LogP contribution is 2.32. The third-order valence-corrected chi connectivity index (χ3v) is 5.72. The topological polar surface area (TPSA) is 87.7 Å². The molecule has 1 atom stereocenters. The molecule has 1 heterocycles. The van der Waals surface area contributed by atoms with Crippen LogP contribution < -0.4 is 10.6 Å². The number of hydrogen-bond acceptors (Lipinski definition) is 4. The van der Waals surface area contributed by atoms with Gasteiger partial charge in [-0.1, -0.05) is 43.7 Å². The van der Waals surface area contributed by atoms with E-state index in [2.05, 4.69) is 17.6 Å². The number of anilines is 1. The van der Waals surface area contributed by atoms with E-state index < -0.39 is 12.0 Å². The summed E-state index contributed by atoms with van der Waals surface area (Å²) in [6.07, 6.45) is 1.77. The van der Waals surface area contributed by atoms with Crippen molar-refractivity contribution in [2.75, 3.05) is 18.5 Å². The average molecular weight is 450 g/mol. The lowest BCUT2D eigenvalue weighted by Gasteiger charge is -2.35. The summed E-state index contributed by atoms with van der Waals surface area (Å²) in [6.45, 7) is 8.26. The molecule has 174 valence electrons. The van der Waals surface area contributed by atoms with Gasteiger partial charge in [0.15, 0.2) is 0 Å². The van der Waals surface area contributed by atoms with Gasteiger partial charge in [0.25, 0.3) is 5.91 Å². The third-order valence-electron chi connectivity index (χ3n) is 5.72. The fraction of sp³-hybridized carbons (Fsp3) is 0.346. The maximum atomic E-state index is 12.8. The number of nitrogens with one attached hydrogen (secondary N) is 2. The highest BCUT2D eigenvalue weighted by atomic mass is 16.5. The number of carbonyl (C=O) groups excluding carboxylic acids is 3. The fourth-order valence-corrected chi connectivity index (χ4v) is 3.88. The number of esters is 1. The van der Waals surface area contributed by atoms with Crippen LogP contribution in [0.4, 0.5) is 10.5 Å². The zero-order valence-electron chi connectivity index (χ0n) is 19.6. The van der Waals surface area contributed by atoms with E-state index in [-0.39, 0.29) is 18.5 Å². The van der Waals surface area contributed by atoms with Gasteiger partial charge in [-0.2, -0.15) is 0 Å². The molecule has 3 amide bonds. The zero-order chi connectivity index (χ0) is 24.0. The Morgan fingerprint density at radius 2 is 1.76 bits per heavy atom. The van der Waals surface area contributed by atoms with Gasteiger partial charge in [0.1, 0.15) is 0 Å². The number of aryl methyl sites for hydroxylation is 1. The predicted octanol–water partition coefficient (Wildman–Crippen LogP) is 4.95. The molecule has 1 unspecified atom stereocenters. The fourth-order valence-electron chi connectivity index (χ4n) is 3.88. The number of unbranched alkanes of at least 4 members (excludes halogenated alkanes) is 1. The maximum Gasteiger partial charge on any atom is 0.338 e. The molecule has 0 radical (unpaired) electrons. The number of amides is 3. The monoisotopic (exact) mass is 449 g/mol. The highest BCUT2D eigenvalue weighted by Gasteiger charge is 2.36. The van der Waals surface area contributed by atoms with Crippen molar-refractivity contribution < 1.29 is 19.1 Å². The molecule has 2 N–H and O–H groups in total. The first-order chi connectivity index (χ1) is 15.9. The van der Waals surface area contributed by atoms with E-state index in [9.17, 15) is 14.4 Å². The van der Waals surface area contributed by atoms with Crippen LogP contribution in [0.2, 0.25) is 0 Å². The first-order valence-corrected chi connectivity index (χ1v) is 11.3. The van der Waals surface area contributed by atoms with E-state index in [1.807, 2.05) is 25.1 Å². The quantitative estimate of drug-likeness (QED) is 0.558. The second kappa shape index (κ2) is 10.8. The predicted molar refractivity (Wildman–Crippen MR) is 128 cm³/mol. The largest absolute Gasteiger partial charge is 0.463 e. The summed E-state index contributed by atoms with van der Waals surface area (Å²) < 4.78 is 5.30. The van der Waals surface area contributed by atoms with Gasteiger partial charge in [-0.3, -0.25) is 9.69 Å². The normalized spacial score (nSPS) is 15.8. The van der Waals surface area contributed by atoms with Crippen LogP contribution in [-0.2, 0) is 9.53 Å². The Labute approximate surface area is 194 Å². The number of urea groups is 1. The van der Waals surface area contributed by atoms with Crippen molar-refractivity contribution in [1.29, 1.82) is 0 Å². The molecule has 1 aliphatic heterocycles. The highest BCUT2D eigenvalue weighted by molar-refractivity contribution is 6.05. The van der Waals surface area contributed by atoms with Crippen LogP contribution in [0.1, 0.15) is 61.1 Å². The maximum absolute atomic E-state index is 12.8. The summed E-state index contributed by atoms with van der Waals surface area (Å²) in [5.74, 6) is -0.639. The number of nitrogens with zero attached hydrogens (tertiary/aromatic N) is 1. The summed E-state index contributed by atoms with van der Waals surface area (Å²) in [7, 11) is 0. The van der Waals surface area contributed by atoms with E-state index in [1.165, 1.54) is 0 Å². The second-order valence-electron chi connectivity index (χ2n) is 8.00. The Morgan fingerprint density at radius 3 is 2.39 bits per heavy atom. The molecule has 2 aromatic rings. The van der Waals surface area contributed by atoms with Crippen LogP contribution in [0.15, 0.2) is 59.8 Å². The summed E-state index contributed by atoms with van der Waals surface area (Å²) >= 11 is 0. The minimum absolute atomic E-state index is 0.193. The minimum Gasteiger partial charge on any atom is -0.463 e. The zero-order valence-corrected chi connectivity index (χ0v) is 19.6.